The first kappa shape index (κ1) is 17.5. The van der Waals surface area contributed by atoms with Crippen LogP contribution in [0.15, 0.2) is 48.5 Å². The van der Waals surface area contributed by atoms with E-state index in [1.807, 2.05) is 19.1 Å². The molecule has 24 heavy (non-hydrogen) atoms. The highest BCUT2D eigenvalue weighted by Gasteiger charge is 2.07. The van der Waals surface area contributed by atoms with Crippen molar-refractivity contribution in [3.05, 3.63) is 59.7 Å². The van der Waals surface area contributed by atoms with Gasteiger partial charge in [-0.05, 0) is 55.3 Å². The van der Waals surface area contributed by atoms with Gasteiger partial charge in [0.2, 0.25) is 5.91 Å². The monoisotopic (exact) mass is 327 g/mol. The second kappa shape index (κ2) is 8.15. The molecule has 5 nitrogen and oxygen atoms in total. The van der Waals surface area contributed by atoms with Crippen molar-refractivity contribution in [3.8, 4) is 5.75 Å². The van der Waals surface area contributed by atoms with E-state index in [1.165, 1.54) is 12.1 Å². The van der Waals surface area contributed by atoms with E-state index in [4.69, 9.17) is 9.84 Å². The molecular weight excluding hydrogens is 306 g/mol. The molecule has 2 N–H and O–H groups in total. The fraction of sp³-hybridized carbons (Fsp3) is 0.263. The Balaban J connectivity index is 1.91. The molecule has 0 heterocycles. The van der Waals surface area contributed by atoms with Crippen molar-refractivity contribution in [2.75, 3.05) is 5.32 Å². The van der Waals surface area contributed by atoms with E-state index < -0.39 is 5.97 Å². The van der Waals surface area contributed by atoms with Crippen LogP contribution >= 0.6 is 0 Å². The lowest BCUT2D eigenvalue weighted by atomic mass is 10.1. The maximum Gasteiger partial charge on any atom is 0.335 e. The molecule has 0 aromatic heterocycles. The number of rotatable bonds is 7. The Morgan fingerprint density at radius 1 is 1.08 bits per heavy atom. The van der Waals surface area contributed by atoms with Gasteiger partial charge in [0.1, 0.15) is 5.75 Å². The molecule has 0 saturated heterocycles. The molecule has 0 aliphatic heterocycles. The van der Waals surface area contributed by atoms with Gasteiger partial charge in [-0.3, -0.25) is 4.79 Å². The van der Waals surface area contributed by atoms with E-state index in [0.717, 1.165) is 17.7 Å². The largest absolute Gasteiger partial charge is 0.491 e. The van der Waals surface area contributed by atoms with E-state index in [9.17, 15) is 9.59 Å². The highest BCUT2D eigenvalue weighted by atomic mass is 16.5. The average molecular weight is 327 g/mol. The molecule has 2 aromatic rings. The van der Waals surface area contributed by atoms with Gasteiger partial charge >= 0.3 is 5.97 Å². The molecule has 0 saturated carbocycles. The topological polar surface area (TPSA) is 75.6 Å². The lowest BCUT2D eigenvalue weighted by molar-refractivity contribution is -0.115. The van der Waals surface area contributed by atoms with Crippen LogP contribution in [-0.2, 0) is 11.2 Å². The van der Waals surface area contributed by atoms with Crippen molar-refractivity contribution in [3.63, 3.8) is 0 Å². The second-order valence-electron chi connectivity index (χ2n) is 5.59. The molecule has 0 aliphatic carbocycles. The van der Waals surface area contributed by atoms with Crippen molar-refractivity contribution >= 4 is 17.6 Å². The van der Waals surface area contributed by atoms with Crippen LogP contribution in [0.25, 0.3) is 0 Å². The molecule has 5 heteroatoms. The Morgan fingerprint density at radius 3 is 2.25 bits per heavy atom. The highest BCUT2D eigenvalue weighted by Crippen LogP contribution is 2.18. The number of ether oxygens (including phenoxy) is 1. The molecule has 1 unspecified atom stereocenters. The molecule has 0 aliphatic rings. The Kier molecular flexibility index (Phi) is 5.95. The molecule has 0 radical (unpaired) electrons. The second-order valence-corrected chi connectivity index (χ2v) is 5.59. The zero-order valence-electron chi connectivity index (χ0n) is 13.8. The molecule has 0 fully saturated rings. The predicted octanol–water partition coefficient (Wildman–Crippen LogP) is 3.74. The maximum absolute atomic E-state index is 12.1. The number of nitrogens with one attached hydrogen (secondary N) is 1. The summed E-state index contributed by atoms with van der Waals surface area (Å²) >= 11 is 0. The molecule has 0 spiro atoms. The number of benzene rings is 2. The maximum atomic E-state index is 12.1. The van der Waals surface area contributed by atoms with Crippen molar-refractivity contribution in [2.45, 2.75) is 32.8 Å². The van der Waals surface area contributed by atoms with Crippen molar-refractivity contribution in [2.24, 2.45) is 0 Å². The van der Waals surface area contributed by atoms with E-state index >= 15 is 0 Å². The molecule has 1 atom stereocenters. The quantitative estimate of drug-likeness (QED) is 0.812. The van der Waals surface area contributed by atoms with Crippen LogP contribution in [0.2, 0.25) is 0 Å². The molecule has 126 valence electrons. The number of amides is 1. The number of hydrogen-bond acceptors (Lipinski definition) is 3. The number of carboxylic acid groups (broad SMARTS) is 1. The smallest absolute Gasteiger partial charge is 0.335 e. The fourth-order valence-corrected chi connectivity index (χ4v) is 2.09. The first-order chi connectivity index (χ1) is 11.5. The van der Waals surface area contributed by atoms with Crippen molar-refractivity contribution in [1.29, 1.82) is 0 Å². The van der Waals surface area contributed by atoms with Crippen molar-refractivity contribution in [1.82, 2.24) is 0 Å². The van der Waals surface area contributed by atoms with Gasteiger partial charge in [0, 0.05) is 5.69 Å². The van der Waals surface area contributed by atoms with Crippen LogP contribution in [0, 0.1) is 0 Å². The summed E-state index contributed by atoms with van der Waals surface area (Å²) in [7, 11) is 0. The molecule has 2 rings (SSSR count). The number of aromatic carboxylic acids is 1. The standard InChI is InChI=1S/C19H21NO4/c1-3-13(2)24-17-10-8-16(9-11-17)20-18(21)12-14-4-6-15(7-5-14)19(22)23/h4-11,13H,3,12H2,1-2H3,(H,20,21)(H,22,23). The van der Waals surface area contributed by atoms with E-state index in [0.29, 0.717) is 5.69 Å². The summed E-state index contributed by atoms with van der Waals surface area (Å²) in [5.74, 6) is -0.369. The minimum Gasteiger partial charge on any atom is -0.491 e. The number of carbonyl (C=O) groups is 2. The zero-order valence-corrected chi connectivity index (χ0v) is 13.8. The molecule has 2 aromatic carbocycles. The van der Waals surface area contributed by atoms with Crippen LogP contribution in [0.5, 0.6) is 5.75 Å². The lowest BCUT2D eigenvalue weighted by Gasteiger charge is -2.13. The molecule has 1 amide bonds. The average Bonchev–Trinajstić information content (AvgIpc) is 2.57. The number of carbonyl (C=O) groups excluding carboxylic acids is 1. The van der Waals surface area contributed by atoms with E-state index in [-0.39, 0.29) is 24.0 Å². The first-order valence-electron chi connectivity index (χ1n) is 7.86. The summed E-state index contributed by atoms with van der Waals surface area (Å²) in [6.07, 6.45) is 1.27. The van der Waals surface area contributed by atoms with Crippen LogP contribution in [0.1, 0.15) is 36.2 Å². The Morgan fingerprint density at radius 2 is 1.71 bits per heavy atom. The third-order valence-corrected chi connectivity index (χ3v) is 3.62. The minimum atomic E-state index is -0.981. The summed E-state index contributed by atoms with van der Waals surface area (Å²) in [6.45, 7) is 4.06. The predicted molar refractivity (Wildman–Crippen MR) is 92.6 cm³/mol. The van der Waals surface area contributed by atoms with Gasteiger partial charge in [0.05, 0.1) is 18.1 Å². The molecular formula is C19H21NO4. The van der Waals surface area contributed by atoms with Gasteiger partial charge in [-0.1, -0.05) is 19.1 Å². The van der Waals surface area contributed by atoms with Gasteiger partial charge in [0.15, 0.2) is 0 Å². The van der Waals surface area contributed by atoms with Gasteiger partial charge in [-0.25, -0.2) is 4.79 Å². The highest BCUT2D eigenvalue weighted by molar-refractivity contribution is 5.92. The number of hydrogen-bond donors (Lipinski definition) is 2. The van der Waals surface area contributed by atoms with Crippen LogP contribution < -0.4 is 10.1 Å². The van der Waals surface area contributed by atoms with Gasteiger partial charge in [-0.2, -0.15) is 0 Å². The summed E-state index contributed by atoms with van der Waals surface area (Å²) < 4.78 is 5.69. The van der Waals surface area contributed by atoms with Gasteiger partial charge in [0.25, 0.3) is 0 Å². The van der Waals surface area contributed by atoms with E-state index in [2.05, 4.69) is 12.2 Å². The minimum absolute atomic E-state index is 0.152. The Hall–Kier alpha value is -2.82. The van der Waals surface area contributed by atoms with Crippen LogP contribution in [0.3, 0.4) is 0 Å². The fourth-order valence-electron chi connectivity index (χ4n) is 2.09. The SMILES string of the molecule is CCC(C)Oc1ccc(NC(=O)Cc2ccc(C(=O)O)cc2)cc1. The normalized spacial score (nSPS) is 11.6. The summed E-state index contributed by atoms with van der Waals surface area (Å²) in [4.78, 5) is 22.9. The Bertz CT molecular complexity index is 692. The summed E-state index contributed by atoms with van der Waals surface area (Å²) in [6, 6.07) is 13.5. The van der Waals surface area contributed by atoms with Gasteiger partial charge in [-0.15, -0.1) is 0 Å². The van der Waals surface area contributed by atoms with Crippen LogP contribution in [0.4, 0.5) is 5.69 Å². The molecule has 0 bridgehead atoms. The first-order valence-corrected chi connectivity index (χ1v) is 7.86. The zero-order chi connectivity index (χ0) is 17.5. The third-order valence-electron chi connectivity index (χ3n) is 3.62. The third kappa shape index (κ3) is 5.12. The Labute approximate surface area is 141 Å². The van der Waals surface area contributed by atoms with Crippen molar-refractivity contribution < 1.29 is 19.4 Å². The number of anilines is 1. The number of carboxylic acids is 1. The summed E-state index contributed by atoms with van der Waals surface area (Å²) in [5.41, 5.74) is 1.66. The summed E-state index contributed by atoms with van der Waals surface area (Å²) in [5, 5.41) is 11.7. The van der Waals surface area contributed by atoms with E-state index in [1.54, 1.807) is 24.3 Å². The lowest BCUT2D eigenvalue weighted by Crippen LogP contribution is -2.14. The van der Waals surface area contributed by atoms with Crippen LogP contribution in [-0.4, -0.2) is 23.1 Å². The van der Waals surface area contributed by atoms with Gasteiger partial charge < -0.3 is 15.2 Å².